The van der Waals surface area contributed by atoms with Crippen LogP contribution in [-0.4, -0.2) is 24.9 Å². The molecule has 1 aromatic rings. The number of ether oxygens (including phenoxy) is 1. The minimum Gasteiger partial charge on any atom is -0.377 e. The van der Waals surface area contributed by atoms with Gasteiger partial charge in [0.05, 0.1) is 24.7 Å². The maximum atomic E-state index is 11.3. The van der Waals surface area contributed by atoms with Crippen LogP contribution in [0.2, 0.25) is 0 Å². The highest BCUT2D eigenvalue weighted by molar-refractivity contribution is 8.00. The maximum Gasteiger partial charge on any atom is 0.234 e. The summed E-state index contributed by atoms with van der Waals surface area (Å²) in [6.07, 6.45) is 0. The molecule has 0 spiro atoms. The summed E-state index contributed by atoms with van der Waals surface area (Å²) in [5, 5.41) is 2.88. The van der Waals surface area contributed by atoms with E-state index < -0.39 is 0 Å². The van der Waals surface area contributed by atoms with E-state index in [-0.39, 0.29) is 11.4 Å². The molecule has 6 heteroatoms. The number of carbonyl (C=O) groups excluding carboxylic acids is 1. The van der Waals surface area contributed by atoms with Gasteiger partial charge >= 0.3 is 0 Å². The number of thioether (sulfide) groups is 1. The zero-order valence-corrected chi connectivity index (χ0v) is 9.97. The second kappa shape index (κ2) is 3.99. The molecule has 17 heavy (non-hydrogen) atoms. The lowest BCUT2D eigenvalue weighted by atomic mass is 9.88. The summed E-state index contributed by atoms with van der Waals surface area (Å²) >= 11 is 1.55. The largest absolute Gasteiger partial charge is 0.377 e. The van der Waals surface area contributed by atoms with Crippen LogP contribution in [0.4, 0.5) is 5.69 Å². The summed E-state index contributed by atoms with van der Waals surface area (Å²) in [5.41, 5.74) is 4.42. The van der Waals surface area contributed by atoms with Gasteiger partial charge in [0.15, 0.2) is 0 Å². The summed E-state index contributed by atoms with van der Waals surface area (Å²) in [6, 6.07) is 6.03. The number of amides is 1. The highest BCUT2D eigenvalue weighted by atomic mass is 32.2. The third-order valence-electron chi connectivity index (χ3n) is 3.14. The molecule has 2 heterocycles. The van der Waals surface area contributed by atoms with Crippen molar-refractivity contribution < 1.29 is 9.53 Å². The minimum absolute atomic E-state index is 0.0410. The number of fused-ring (bicyclic) bond motifs is 1. The van der Waals surface area contributed by atoms with E-state index in [1.54, 1.807) is 11.8 Å². The third kappa shape index (κ3) is 1.73. The fourth-order valence-corrected chi connectivity index (χ4v) is 2.81. The van der Waals surface area contributed by atoms with Crippen LogP contribution in [0.25, 0.3) is 0 Å². The van der Waals surface area contributed by atoms with E-state index in [9.17, 15) is 4.79 Å². The number of hydrogen-bond acceptors (Lipinski definition) is 5. The van der Waals surface area contributed by atoms with Gasteiger partial charge in [0, 0.05) is 4.90 Å². The number of anilines is 1. The van der Waals surface area contributed by atoms with E-state index in [1.807, 2.05) is 18.2 Å². The first kappa shape index (κ1) is 11.0. The van der Waals surface area contributed by atoms with Gasteiger partial charge in [0.2, 0.25) is 5.91 Å². The Morgan fingerprint density at radius 2 is 2.29 bits per heavy atom. The molecule has 2 aliphatic rings. The molecule has 90 valence electrons. The summed E-state index contributed by atoms with van der Waals surface area (Å²) in [4.78, 5) is 12.4. The van der Waals surface area contributed by atoms with Crippen molar-refractivity contribution in [1.82, 2.24) is 5.43 Å². The van der Waals surface area contributed by atoms with Gasteiger partial charge in [-0.15, -0.1) is 11.8 Å². The summed E-state index contributed by atoms with van der Waals surface area (Å²) in [6.45, 7) is 1.12. The topological polar surface area (TPSA) is 76.4 Å². The number of nitrogens with two attached hydrogens (primary N) is 1. The van der Waals surface area contributed by atoms with Crippen molar-refractivity contribution in [2.24, 2.45) is 5.84 Å². The molecule has 0 radical (unpaired) electrons. The lowest BCUT2D eigenvalue weighted by molar-refractivity contribution is -0.113. The van der Waals surface area contributed by atoms with Crippen LogP contribution in [0.5, 0.6) is 0 Å². The zero-order valence-electron chi connectivity index (χ0n) is 9.16. The monoisotopic (exact) mass is 251 g/mol. The lowest BCUT2D eigenvalue weighted by Gasteiger charge is -2.41. The number of nitrogens with one attached hydrogen (secondary N) is 2. The average Bonchev–Trinajstić information content (AvgIpc) is 2.28. The molecule has 1 amide bonds. The van der Waals surface area contributed by atoms with Crippen molar-refractivity contribution in [1.29, 1.82) is 0 Å². The lowest BCUT2D eigenvalue weighted by Crippen LogP contribution is -2.60. The molecule has 2 aliphatic heterocycles. The van der Waals surface area contributed by atoms with E-state index in [4.69, 9.17) is 10.6 Å². The Hall–Kier alpha value is -1.08. The van der Waals surface area contributed by atoms with Crippen molar-refractivity contribution in [3.8, 4) is 0 Å². The highest BCUT2D eigenvalue weighted by Crippen LogP contribution is 2.36. The van der Waals surface area contributed by atoms with E-state index in [2.05, 4.69) is 10.7 Å². The Bertz CT molecular complexity index is 468. The van der Waals surface area contributed by atoms with Crippen LogP contribution < -0.4 is 16.6 Å². The third-order valence-corrected chi connectivity index (χ3v) is 4.21. The van der Waals surface area contributed by atoms with Crippen molar-refractivity contribution in [3.05, 3.63) is 23.8 Å². The fourth-order valence-electron chi connectivity index (χ4n) is 2.02. The molecule has 5 nitrogen and oxygen atoms in total. The smallest absolute Gasteiger partial charge is 0.234 e. The van der Waals surface area contributed by atoms with Gasteiger partial charge in [0.25, 0.3) is 0 Å². The summed E-state index contributed by atoms with van der Waals surface area (Å²) < 4.78 is 5.21. The fraction of sp³-hybridized carbons (Fsp3) is 0.364. The van der Waals surface area contributed by atoms with Crippen molar-refractivity contribution in [2.45, 2.75) is 10.4 Å². The number of benzene rings is 1. The molecule has 0 atom stereocenters. The van der Waals surface area contributed by atoms with Gasteiger partial charge < -0.3 is 10.1 Å². The molecular formula is C11H13N3O2S. The second-order valence-corrected chi connectivity index (χ2v) is 5.28. The number of carbonyl (C=O) groups is 1. The first-order valence-electron chi connectivity index (χ1n) is 5.36. The Balaban J connectivity index is 1.97. The van der Waals surface area contributed by atoms with Gasteiger partial charge in [-0.2, -0.15) is 0 Å². The molecule has 1 saturated heterocycles. The Morgan fingerprint density at radius 3 is 2.94 bits per heavy atom. The van der Waals surface area contributed by atoms with Crippen molar-refractivity contribution in [3.63, 3.8) is 0 Å². The number of hydrogen-bond donors (Lipinski definition) is 3. The van der Waals surface area contributed by atoms with Crippen LogP contribution in [0.3, 0.4) is 0 Å². The second-order valence-electron chi connectivity index (χ2n) is 4.27. The molecule has 0 unspecified atom stereocenters. The zero-order chi connectivity index (χ0) is 11.9. The first-order valence-corrected chi connectivity index (χ1v) is 6.35. The predicted molar refractivity (Wildman–Crippen MR) is 65.6 cm³/mol. The molecule has 0 aromatic heterocycles. The van der Waals surface area contributed by atoms with Crippen molar-refractivity contribution in [2.75, 3.05) is 24.3 Å². The molecule has 0 saturated carbocycles. The Morgan fingerprint density at radius 1 is 1.47 bits per heavy atom. The summed E-state index contributed by atoms with van der Waals surface area (Å²) in [7, 11) is 0. The van der Waals surface area contributed by atoms with E-state index in [0.717, 1.165) is 16.1 Å². The van der Waals surface area contributed by atoms with Crippen LogP contribution in [-0.2, 0) is 15.1 Å². The maximum absolute atomic E-state index is 11.3. The van der Waals surface area contributed by atoms with Gasteiger partial charge in [0.1, 0.15) is 5.54 Å². The van der Waals surface area contributed by atoms with Gasteiger partial charge in [-0.1, -0.05) is 6.07 Å². The van der Waals surface area contributed by atoms with Crippen LogP contribution in [0.1, 0.15) is 5.56 Å². The van der Waals surface area contributed by atoms with E-state index in [0.29, 0.717) is 19.0 Å². The normalized spacial score (nSPS) is 21.4. The van der Waals surface area contributed by atoms with E-state index in [1.165, 1.54) is 0 Å². The molecule has 4 N–H and O–H groups in total. The molecule has 3 rings (SSSR count). The molecule has 1 aromatic carbocycles. The molecule has 0 bridgehead atoms. The predicted octanol–water partition coefficient (Wildman–Crippen LogP) is 0.420. The quantitative estimate of drug-likeness (QED) is 0.524. The summed E-state index contributed by atoms with van der Waals surface area (Å²) in [5.74, 6) is 6.10. The van der Waals surface area contributed by atoms with Crippen LogP contribution in [0.15, 0.2) is 23.1 Å². The molecule has 1 fully saturated rings. The molecule has 0 aliphatic carbocycles. The Labute approximate surface area is 103 Å². The Kier molecular flexibility index (Phi) is 2.59. The van der Waals surface area contributed by atoms with Gasteiger partial charge in [-0.25, -0.2) is 5.43 Å². The molecular weight excluding hydrogens is 238 g/mol. The van der Waals surface area contributed by atoms with E-state index >= 15 is 0 Å². The minimum atomic E-state index is -0.304. The van der Waals surface area contributed by atoms with Crippen LogP contribution in [0, 0.1) is 0 Å². The first-order chi connectivity index (χ1) is 8.23. The van der Waals surface area contributed by atoms with Crippen molar-refractivity contribution >= 4 is 23.4 Å². The van der Waals surface area contributed by atoms with Gasteiger partial charge in [-0.05, 0) is 17.7 Å². The van der Waals surface area contributed by atoms with Crippen LogP contribution >= 0.6 is 11.8 Å². The number of hydrazine groups is 1. The van der Waals surface area contributed by atoms with Gasteiger partial charge in [-0.3, -0.25) is 10.6 Å². The average molecular weight is 251 g/mol. The highest BCUT2D eigenvalue weighted by Gasteiger charge is 2.39. The standard InChI is InChI=1S/C11H13N3O2S/c12-14-11(5-16-6-11)7-1-2-9-8(3-7)13-10(15)4-17-9/h1-3,14H,4-6,12H2,(H,13,15). The SMILES string of the molecule is NNC1(c2ccc3c(c2)NC(=O)CS3)COC1. The number of rotatable bonds is 2.